The molecule has 2 rings (SSSR count). The topological polar surface area (TPSA) is 50.3 Å². The molecule has 18 heavy (non-hydrogen) atoms. The van der Waals surface area contributed by atoms with Crippen molar-refractivity contribution in [3.05, 3.63) is 18.3 Å². The minimum Gasteiger partial charge on any atom is -0.355 e. The first-order valence-electron chi connectivity index (χ1n) is 5.98. The molecule has 0 N–H and O–H groups in total. The van der Waals surface area contributed by atoms with E-state index in [-0.39, 0.29) is 0 Å². The molecule has 1 aliphatic heterocycles. The molecular weight excluding hydrogens is 272 g/mol. The molecule has 0 bridgehead atoms. The second-order valence-corrected chi connectivity index (χ2v) is 7.00. The van der Waals surface area contributed by atoms with E-state index in [0.29, 0.717) is 22.5 Å². The van der Waals surface area contributed by atoms with E-state index < -0.39 is 9.84 Å². The number of rotatable bonds is 3. The van der Waals surface area contributed by atoms with E-state index in [1.54, 1.807) is 18.3 Å². The van der Waals surface area contributed by atoms with E-state index in [2.05, 4.69) is 4.98 Å². The van der Waals surface area contributed by atoms with Crippen molar-refractivity contribution in [2.75, 3.05) is 30.1 Å². The highest BCUT2D eigenvalue weighted by atomic mass is 35.5. The Hall–Kier alpha value is -0.810. The van der Waals surface area contributed by atoms with Gasteiger partial charge in [0.25, 0.3) is 0 Å². The van der Waals surface area contributed by atoms with E-state index in [0.717, 1.165) is 25.9 Å². The molecule has 1 atom stereocenters. The maximum absolute atomic E-state index is 11.8. The molecule has 1 aromatic heterocycles. The van der Waals surface area contributed by atoms with Crippen LogP contribution in [-0.4, -0.2) is 38.6 Å². The van der Waals surface area contributed by atoms with E-state index in [4.69, 9.17) is 11.6 Å². The maximum atomic E-state index is 11.8. The van der Waals surface area contributed by atoms with Gasteiger partial charge in [-0.3, -0.25) is 0 Å². The average molecular weight is 289 g/mol. The molecular formula is C12H17ClN2O2S. The third-order valence-corrected chi connectivity index (χ3v) is 4.74. The quantitative estimate of drug-likeness (QED) is 0.798. The molecule has 0 aromatic carbocycles. The Morgan fingerprint density at radius 1 is 1.56 bits per heavy atom. The van der Waals surface area contributed by atoms with Gasteiger partial charge in [0.05, 0.1) is 0 Å². The lowest BCUT2D eigenvalue weighted by molar-refractivity contribution is 0.447. The fraction of sp³-hybridized carbons (Fsp3) is 0.583. The Kier molecular flexibility index (Phi) is 4.12. The highest BCUT2D eigenvalue weighted by Gasteiger charge is 2.24. The van der Waals surface area contributed by atoms with Crippen molar-refractivity contribution < 1.29 is 8.42 Å². The standard InChI is InChI=1S/C12H17ClN2O2S/c1-18(16,17)11-5-2-6-14-12(11)15-7-3-4-10(8-13)9-15/h2,5-6,10H,3-4,7-9H2,1H3. The molecule has 1 unspecified atom stereocenters. The number of pyridine rings is 1. The van der Waals surface area contributed by atoms with Gasteiger partial charge in [0.1, 0.15) is 10.7 Å². The number of sulfone groups is 1. The molecule has 1 aliphatic rings. The van der Waals surface area contributed by atoms with Gasteiger partial charge >= 0.3 is 0 Å². The highest BCUT2D eigenvalue weighted by molar-refractivity contribution is 7.90. The first-order chi connectivity index (χ1) is 8.52. The average Bonchev–Trinajstić information content (AvgIpc) is 2.38. The molecule has 100 valence electrons. The Balaban J connectivity index is 2.33. The minimum absolute atomic E-state index is 0.306. The molecule has 1 saturated heterocycles. The fourth-order valence-corrected chi connectivity index (χ4v) is 3.38. The summed E-state index contributed by atoms with van der Waals surface area (Å²) in [6.07, 6.45) is 4.98. The van der Waals surface area contributed by atoms with Crippen LogP contribution in [-0.2, 0) is 9.84 Å². The summed E-state index contributed by atoms with van der Waals surface area (Å²) in [6.45, 7) is 1.62. The summed E-state index contributed by atoms with van der Waals surface area (Å²) < 4.78 is 23.5. The largest absolute Gasteiger partial charge is 0.355 e. The van der Waals surface area contributed by atoms with Crippen LogP contribution in [0.5, 0.6) is 0 Å². The van der Waals surface area contributed by atoms with Gasteiger partial charge in [-0.1, -0.05) is 0 Å². The van der Waals surface area contributed by atoms with Crippen LogP contribution >= 0.6 is 11.6 Å². The second-order valence-electron chi connectivity index (χ2n) is 4.71. The third kappa shape index (κ3) is 2.95. The lowest BCUT2D eigenvalue weighted by Crippen LogP contribution is -2.37. The second kappa shape index (κ2) is 5.45. The van der Waals surface area contributed by atoms with Gasteiger partial charge in [0.2, 0.25) is 0 Å². The number of piperidine rings is 1. The summed E-state index contributed by atoms with van der Waals surface area (Å²) in [6, 6.07) is 3.27. The fourth-order valence-electron chi connectivity index (χ4n) is 2.29. The Bertz CT molecular complexity index is 519. The highest BCUT2D eigenvalue weighted by Crippen LogP contribution is 2.27. The Morgan fingerprint density at radius 2 is 2.33 bits per heavy atom. The van der Waals surface area contributed by atoms with Gasteiger partial charge in [0, 0.05) is 31.4 Å². The molecule has 2 heterocycles. The Labute approximate surface area is 113 Å². The molecule has 0 spiro atoms. The van der Waals surface area contributed by atoms with E-state index in [1.165, 1.54) is 6.26 Å². The molecule has 0 aliphatic carbocycles. The van der Waals surface area contributed by atoms with Gasteiger partial charge in [-0.15, -0.1) is 11.6 Å². The zero-order valence-electron chi connectivity index (χ0n) is 10.3. The van der Waals surface area contributed by atoms with Crippen LogP contribution in [0.4, 0.5) is 5.82 Å². The normalized spacial score (nSPS) is 21.0. The van der Waals surface area contributed by atoms with Gasteiger partial charge in [-0.25, -0.2) is 13.4 Å². The summed E-state index contributed by atoms with van der Waals surface area (Å²) in [5, 5.41) is 0. The maximum Gasteiger partial charge on any atom is 0.179 e. The molecule has 1 fully saturated rings. The number of nitrogens with zero attached hydrogens (tertiary/aromatic N) is 2. The summed E-state index contributed by atoms with van der Waals surface area (Å²) in [5.41, 5.74) is 0. The molecule has 0 radical (unpaired) electrons. The van der Waals surface area contributed by atoms with Gasteiger partial charge in [-0.2, -0.15) is 0 Å². The van der Waals surface area contributed by atoms with E-state index >= 15 is 0 Å². The first kappa shape index (κ1) is 13.6. The number of anilines is 1. The number of alkyl halides is 1. The lowest BCUT2D eigenvalue weighted by Gasteiger charge is -2.33. The molecule has 0 saturated carbocycles. The van der Waals surface area contributed by atoms with Crippen molar-refractivity contribution in [3.8, 4) is 0 Å². The van der Waals surface area contributed by atoms with Crippen molar-refractivity contribution >= 4 is 27.3 Å². The van der Waals surface area contributed by atoms with Crippen molar-refractivity contribution in [2.45, 2.75) is 17.7 Å². The summed E-state index contributed by atoms with van der Waals surface area (Å²) in [7, 11) is -3.24. The van der Waals surface area contributed by atoms with Crippen LogP contribution < -0.4 is 4.90 Å². The van der Waals surface area contributed by atoms with Crippen LogP contribution in [0.15, 0.2) is 23.2 Å². The Morgan fingerprint density at radius 3 is 3.00 bits per heavy atom. The smallest absolute Gasteiger partial charge is 0.179 e. The van der Waals surface area contributed by atoms with Gasteiger partial charge < -0.3 is 4.90 Å². The molecule has 1 aromatic rings. The number of hydrogen-bond acceptors (Lipinski definition) is 4. The van der Waals surface area contributed by atoms with Crippen LogP contribution in [0.3, 0.4) is 0 Å². The molecule has 6 heteroatoms. The van der Waals surface area contributed by atoms with Crippen molar-refractivity contribution in [1.29, 1.82) is 0 Å². The van der Waals surface area contributed by atoms with Crippen molar-refractivity contribution in [1.82, 2.24) is 4.98 Å². The summed E-state index contributed by atoms with van der Waals surface area (Å²) in [5.74, 6) is 1.59. The van der Waals surface area contributed by atoms with Crippen LogP contribution in [0.2, 0.25) is 0 Å². The summed E-state index contributed by atoms with van der Waals surface area (Å²) in [4.78, 5) is 6.58. The SMILES string of the molecule is CS(=O)(=O)c1cccnc1N1CCCC(CCl)C1. The van der Waals surface area contributed by atoms with Crippen molar-refractivity contribution in [3.63, 3.8) is 0 Å². The zero-order valence-corrected chi connectivity index (χ0v) is 11.9. The van der Waals surface area contributed by atoms with Gasteiger partial charge in [-0.05, 0) is 30.9 Å². The molecule has 4 nitrogen and oxygen atoms in total. The van der Waals surface area contributed by atoms with Crippen LogP contribution in [0.25, 0.3) is 0 Å². The zero-order chi connectivity index (χ0) is 13.2. The number of aromatic nitrogens is 1. The first-order valence-corrected chi connectivity index (χ1v) is 8.41. The van der Waals surface area contributed by atoms with Crippen molar-refractivity contribution in [2.24, 2.45) is 5.92 Å². The van der Waals surface area contributed by atoms with E-state index in [1.807, 2.05) is 4.90 Å². The predicted octanol–water partition coefficient (Wildman–Crippen LogP) is 1.94. The van der Waals surface area contributed by atoms with Crippen LogP contribution in [0, 0.1) is 5.92 Å². The predicted molar refractivity (Wildman–Crippen MR) is 73.0 cm³/mol. The van der Waals surface area contributed by atoms with E-state index in [9.17, 15) is 8.42 Å². The minimum atomic E-state index is -3.24. The van der Waals surface area contributed by atoms with Crippen LogP contribution in [0.1, 0.15) is 12.8 Å². The number of halogens is 1. The number of hydrogen-bond donors (Lipinski definition) is 0. The third-order valence-electron chi connectivity index (χ3n) is 3.19. The molecule has 0 amide bonds. The summed E-state index contributed by atoms with van der Waals surface area (Å²) >= 11 is 5.90. The monoisotopic (exact) mass is 288 g/mol. The lowest BCUT2D eigenvalue weighted by atomic mass is 10.0. The van der Waals surface area contributed by atoms with Gasteiger partial charge in [0.15, 0.2) is 9.84 Å².